The summed E-state index contributed by atoms with van der Waals surface area (Å²) in [5.41, 5.74) is 2.30. The molecule has 0 saturated carbocycles. The van der Waals surface area contributed by atoms with Crippen LogP contribution in [0, 0.1) is 10.1 Å². The summed E-state index contributed by atoms with van der Waals surface area (Å²) >= 11 is 4.55. The van der Waals surface area contributed by atoms with E-state index in [1.165, 1.54) is 18.2 Å². The third kappa shape index (κ3) is 4.16. The van der Waals surface area contributed by atoms with Crippen molar-refractivity contribution < 1.29 is 14.5 Å². The highest BCUT2D eigenvalue weighted by Crippen LogP contribution is 2.49. The predicted molar refractivity (Wildman–Crippen MR) is 144 cm³/mol. The van der Waals surface area contributed by atoms with Gasteiger partial charge in [0.1, 0.15) is 5.69 Å². The summed E-state index contributed by atoms with van der Waals surface area (Å²) in [5, 5.41) is 24.6. The first kappa shape index (κ1) is 23.8. The molecule has 3 aromatic rings. The Morgan fingerprint density at radius 3 is 2.39 bits per heavy atom. The number of carbonyl (C=O) groups excluding carboxylic acids is 1. The van der Waals surface area contributed by atoms with Crippen molar-refractivity contribution in [3.8, 4) is 0 Å². The minimum Gasteiger partial charge on any atom is -0.464 e. The molecule has 9 nitrogen and oxygen atoms in total. The fourth-order valence-electron chi connectivity index (χ4n) is 3.86. The normalized spacial score (nSPS) is 18.7. The molecule has 0 aromatic heterocycles. The molecule has 2 aliphatic rings. The van der Waals surface area contributed by atoms with Gasteiger partial charge in [-0.05, 0) is 54.2 Å². The molecule has 0 N–H and O–H groups in total. The predicted octanol–water partition coefficient (Wildman–Crippen LogP) is 5.53. The lowest BCUT2D eigenvalue weighted by Gasteiger charge is -2.43. The first-order valence-corrected chi connectivity index (χ1v) is 12.3. The summed E-state index contributed by atoms with van der Waals surface area (Å²) in [5.74, 6) is -0.649. The van der Waals surface area contributed by atoms with Crippen LogP contribution in [0.15, 0.2) is 106 Å². The molecule has 0 radical (unpaired) electrons. The van der Waals surface area contributed by atoms with Gasteiger partial charge >= 0.3 is 5.97 Å². The lowest BCUT2D eigenvalue weighted by atomic mass is 10.1. The van der Waals surface area contributed by atoms with Crippen LogP contribution in [0.2, 0.25) is 0 Å². The van der Waals surface area contributed by atoms with E-state index in [1.54, 1.807) is 23.2 Å². The van der Waals surface area contributed by atoms with Gasteiger partial charge < -0.3 is 4.74 Å². The van der Waals surface area contributed by atoms with Crippen molar-refractivity contribution in [3.05, 3.63) is 111 Å². The van der Waals surface area contributed by atoms with Crippen LogP contribution in [0.5, 0.6) is 0 Å². The van der Waals surface area contributed by atoms with E-state index in [-0.39, 0.29) is 16.4 Å². The van der Waals surface area contributed by atoms with E-state index in [0.29, 0.717) is 11.4 Å². The number of nitrogens with zero attached hydrogens (tertiary/aromatic N) is 5. The molecular weight excluding hydrogens is 546 g/mol. The second-order valence-corrected chi connectivity index (χ2v) is 9.80. The summed E-state index contributed by atoms with van der Waals surface area (Å²) in [6, 6.07) is 23.3. The van der Waals surface area contributed by atoms with Gasteiger partial charge in [-0.25, -0.2) is 14.8 Å². The molecule has 36 heavy (non-hydrogen) atoms. The molecule has 11 heteroatoms. The maximum absolute atomic E-state index is 12.6. The van der Waals surface area contributed by atoms with E-state index in [2.05, 4.69) is 21.0 Å². The fourth-order valence-corrected chi connectivity index (χ4v) is 5.29. The number of rotatable bonds is 5. The molecule has 1 spiro atoms. The van der Waals surface area contributed by atoms with Gasteiger partial charge in [0.2, 0.25) is 10.0 Å². The topological polar surface area (TPSA) is 101 Å². The molecule has 0 unspecified atom stereocenters. The summed E-state index contributed by atoms with van der Waals surface area (Å²) in [6.45, 7) is 0. The molecule has 0 bridgehead atoms. The Balaban J connectivity index is 1.71. The zero-order valence-electron chi connectivity index (χ0n) is 18.8. The zero-order chi connectivity index (χ0) is 25.3. The number of nitro benzene ring substituents is 1. The summed E-state index contributed by atoms with van der Waals surface area (Å²) in [6.07, 6.45) is 3.67. The number of halogens is 1. The molecule has 0 aliphatic carbocycles. The Labute approximate surface area is 219 Å². The number of anilines is 2. The van der Waals surface area contributed by atoms with Crippen molar-refractivity contribution in [3.63, 3.8) is 0 Å². The van der Waals surface area contributed by atoms with Crippen LogP contribution >= 0.6 is 27.7 Å². The molecule has 180 valence electrons. The fraction of sp³-hybridized carbons (Fsp3) is 0.0800. The lowest BCUT2D eigenvalue weighted by Crippen LogP contribution is -2.54. The third-order valence-electron chi connectivity index (χ3n) is 5.52. The van der Waals surface area contributed by atoms with E-state index in [9.17, 15) is 14.9 Å². The van der Waals surface area contributed by atoms with Crippen molar-refractivity contribution in [2.24, 2.45) is 10.2 Å². The number of hydrogen-bond acceptors (Lipinski definition) is 9. The van der Waals surface area contributed by atoms with Gasteiger partial charge in [-0.1, -0.05) is 58.4 Å². The average Bonchev–Trinajstić information content (AvgIpc) is 3.29. The number of ether oxygens (including phenoxy) is 1. The van der Waals surface area contributed by atoms with Crippen molar-refractivity contribution in [2.45, 2.75) is 4.99 Å². The molecule has 0 saturated heterocycles. The van der Waals surface area contributed by atoms with E-state index < -0.39 is 15.9 Å². The molecule has 3 aromatic carbocycles. The van der Waals surface area contributed by atoms with Crippen LogP contribution in [0.1, 0.15) is 5.56 Å². The van der Waals surface area contributed by atoms with Gasteiger partial charge in [0.25, 0.3) is 5.69 Å². The third-order valence-corrected chi connectivity index (χ3v) is 7.27. The van der Waals surface area contributed by atoms with Crippen LogP contribution in [0.4, 0.5) is 17.1 Å². The highest BCUT2D eigenvalue weighted by Gasteiger charge is 2.53. The van der Waals surface area contributed by atoms with Crippen molar-refractivity contribution >= 4 is 61.5 Å². The Morgan fingerprint density at radius 1 is 1.00 bits per heavy atom. The molecule has 2 aliphatic heterocycles. The Kier molecular flexibility index (Phi) is 6.33. The number of benzene rings is 3. The van der Waals surface area contributed by atoms with Gasteiger partial charge in [-0.15, -0.1) is 0 Å². The second kappa shape index (κ2) is 9.59. The Hall–Kier alpha value is -3.96. The number of hydrazone groups is 2. The van der Waals surface area contributed by atoms with Gasteiger partial charge in [-0.2, -0.15) is 10.2 Å². The Bertz CT molecular complexity index is 1430. The van der Waals surface area contributed by atoms with Crippen LogP contribution in [0.25, 0.3) is 0 Å². The monoisotopic (exact) mass is 563 g/mol. The smallest absolute Gasteiger partial charge is 0.365 e. The molecular formula is C25H18BrN5O4S. The number of esters is 1. The van der Waals surface area contributed by atoms with Crippen LogP contribution in [-0.4, -0.2) is 33.8 Å². The van der Waals surface area contributed by atoms with Crippen molar-refractivity contribution in [1.29, 1.82) is 0 Å². The Morgan fingerprint density at radius 2 is 1.69 bits per heavy atom. The van der Waals surface area contributed by atoms with Gasteiger partial charge in [0.15, 0.2) is 0 Å². The standard InChI is InChI=1S/C25H18BrN5O4S/c1-35-24(32)23-28-30(21-9-5-6-10-22(21)31(33)34)25(36-23)16-15-20(17-11-13-18(26)14-12-17)27-29(25)19-7-3-2-4-8-19/h2-16H,1H3/t25-/m0/s1. The van der Waals surface area contributed by atoms with Gasteiger partial charge in [0, 0.05) is 16.1 Å². The van der Waals surface area contributed by atoms with E-state index in [4.69, 9.17) is 9.84 Å². The minimum absolute atomic E-state index is 0.0449. The number of nitro groups is 1. The molecule has 0 amide bonds. The number of carbonyl (C=O) groups is 1. The zero-order valence-corrected chi connectivity index (χ0v) is 21.2. The first-order chi connectivity index (χ1) is 17.4. The lowest BCUT2D eigenvalue weighted by molar-refractivity contribution is -0.384. The van der Waals surface area contributed by atoms with Crippen molar-refractivity contribution in [1.82, 2.24) is 0 Å². The SMILES string of the molecule is COC(=O)C1=NN(c2ccccc2[N+](=O)[O-])[C@@]2(C=CC(c3ccc(Br)cc3)=NN2c2ccccc2)S1. The average molecular weight is 564 g/mol. The number of para-hydroxylation sites is 3. The van der Waals surface area contributed by atoms with Crippen LogP contribution < -0.4 is 10.0 Å². The summed E-state index contributed by atoms with van der Waals surface area (Å²) in [4.78, 5) is 22.8. The van der Waals surface area contributed by atoms with E-state index in [1.807, 2.05) is 66.7 Å². The second-order valence-electron chi connectivity index (χ2n) is 7.69. The van der Waals surface area contributed by atoms with Gasteiger partial charge in [-0.3, -0.25) is 10.1 Å². The molecule has 0 fully saturated rings. The summed E-state index contributed by atoms with van der Waals surface area (Å²) < 4.78 is 5.88. The molecule has 5 rings (SSSR count). The highest BCUT2D eigenvalue weighted by atomic mass is 79.9. The summed E-state index contributed by atoms with van der Waals surface area (Å²) in [7, 11) is 1.27. The van der Waals surface area contributed by atoms with Crippen molar-refractivity contribution in [2.75, 3.05) is 17.1 Å². The maximum atomic E-state index is 12.6. The van der Waals surface area contributed by atoms with E-state index in [0.717, 1.165) is 21.8 Å². The maximum Gasteiger partial charge on any atom is 0.365 e. The first-order valence-electron chi connectivity index (χ1n) is 10.7. The number of methoxy groups -OCH3 is 1. The van der Waals surface area contributed by atoms with Crippen LogP contribution in [-0.2, 0) is 9.53 Å². The highest BCUT2D eigenvalue weighted by molar-refractivity contribution is 9.10. The number of thioether (sulfide) groups is 1. The molecule has 1 atom stereocenters. The minimum atomic E-state index is -1.25. The van der Waals surface area contributed by atoms with Crippen LogP contribution in [0.3, 0.4) is 0 Å². The quantitative estimate of drug-likeness (QED) is 0.228. The largest absolute Gasteiger partial charge is 0.464 e. The molecule has 2 heterocycles. The number of allylic oxidation sites excluding steroid dienone is 1. The van der Waals surface area contributed by atoms with E-state index >= 15 is 0 Å². The van der Waals surface area contributed by atoms with Gasteiger partial charge in [0.05, 0.1) is 23.4 Å². The number of hydrogen-bond donors (Lipinski definition) is 0.